The fourth-order valence-corrected chi connectivity index (χ4v) is 4.20. The van der Waals surface area contributed by atoms with Crippen molar-refractivity contribution < 1.29 is 9.53 Å². The summed E-state index contributed by atoms with van der Waals surface area (Å²) in [5.41, 5.74) is 3.52. The van der Waals surface area contributed by atoms with E-state index in [4.69, 9.17) is 4.74 Å². The van der Waals surface area contributed by atoms with Crippen LogP contribution < -0.4 is 10.1 Å². The van der Waals surface area contributed by atoms with Gasteiger partial charge in [0.05, 0.1) is 5.75 Å². The largest absolute Gasteiger partial charge is 0.485 e. The Balaban J connectivity index is 1.57. The molecule has 0 aliphatic rings. The SMILES string of the molecule is C=CCn1c(COc2cc(C)ccc2C(C)C)nnc1SCC(=O)NCCc1ccccc1. The van der Waals surface area contributed by atoms with Crippen molar-refractivity contribution in [2.24, 2.45) is 0 Å². The summed E-state index contributed by atoms with van der Waals surface area (Å²) >= 11 is 1.37. The Labute approximate surface area is 200 Å². The summed E-state index contributed by atoms with van der Waals surface area (Å²) in [4.78, 5) is 12.3. The second kappa shape index (κ2) is 12.3. The van der Waals surface area contributed by atoms with Gasteiger partial charge in [-0.1, -0.05) is 74.1 Å². The molecule has 7 heteroatoms. The van der Waals surface area contributed by atoms with E-state index >= 15 is 0 Å². The number of hydrogen-bond donors (Lipinski definition) is 1. The molecule has 3 rings (SSSR count). The van der Waals surface area contributed by atoms with Crippen molar-refractivity contribution in [1.82, 2.24) is 20.1 Å². The molecule has 2 aromatic carbocycles. The maximum Gasteiger partial charge on any atom is 0.230 e. The predicted molar refractivity (Wildman–Crippen MR) is 134 cm³/mol. The zero-order valence-electron chi connectivity index (χ0n) is 19.6. The molecule has 1 N–H and O–H groups in total. The molecule has 0 saturated carbocycles. The van der Waals surface area contributed by atoms with Crippen molar-refractivity contribution in [1.29, 1.82) is 0 Å². The Bertz CT molecular complexity index is 1060. The molecule has 3 aromatic rings. The van der Waals surface area contributed by atoms with Crippen LogP contribution in [0.4, 0.5) is 0 Å². The van der Waals surface area contributed by atoms with Gasteiger partial charge in [0.2, 0.25) is 5.91 Å². The van der Waals surface area contributed by atoms with E-state index in [0.29, 0.717) is 36.6 Å². The molecular formula is C26H32N4O2S. The van der Waals surface area contributed by atoms with E-state index in [1.54, 1.807) is 6.08 Å². The highest BCUT2D eigenvalue weighted by Crippen LogP contribution is 2.28. The van der Waals surface area contributed by atoms with Crippen molar-refractivity contribution in [3.05, 3.63) is 83.7 Å². The van der Waals surface area contributed by atoms with E-state index in [1.165, 1.54) is 17.3 Å². The molecule has 1 amide bonds. The van der Waals surface area contributed by atoms with Gasteiger partial charge in [0, 0.05) is 13.1 Å². The van der Waals surface area contributed by atoms with Gasteiger partial charge in [0.25, 0.3) is 0 Å². The Kier molecular flexibility index (Phi) is 9.13. The van der Waals surface area contributed by atoms with Gasteiger partial charge in [0.15, 0.2) is 11.0 Å². The summed E-state index contributed by atoms with van der Waals surface area (Å²) in [6, 6.07) is 16.4. The number of aromatic nitrogens is 3. The number of allylic oxidation sites excluding steroid dienone is 1. The van der Waals surface area contributed by atoms with Gasteiger partial charge in [-0.25, -0.2) is 0 Å². The molecule has 174 valence electrons. The van der Waals surface area contributed by atoms with Crippen LogP contribution in [0.5, 0.6) is 5.75 Å². The van der Waals surface area contributed by atoms with Crippen LogP contribution in [0.15, 0.2) is 66.3 Å². The summed E-state index contributed by atoms with van der Waals surface area (Å²) in [6.07, 6.45) is 2.60. The number of nitrogens with zero attached hydrogens (tertiary/aromatic N) is 3. The van der Waals surface area contributed by atoms with E-state index in [1.807, 2.05) is 22.8 Å². The monoisotopic (exact) mass is 464 g/mol. The molecule has 0 bridgehead atoms. The Morgan fingerprint density at radius 2 is 2.00 bits per heavy atom. The second-order valence-electron chi connectivity index (χ2n) is 8.16. The Morgan fingerprint density at radius 3 is 2.73 bits per heavy atom. The van der Waals surface area contributed by atoms with Gasteiger partial charge < -0.3 is 10.1 Å². The van der Waals surface area contributed by atoms with Gasteiger partial charge >= 0.3 is 0 Å². The van der Waals surface area contributed by atoms with Crippen molar-refractivity contribution in [2.75, 3.05) is 12.3 Å². The number of amides is 1. The average molecular weight is 465 g/mol. The Hall–Kier alpha value is -3.06. The summed E-state index contributed by atoms with van der Waals surface area (Å²) in [5.74, 6) is 2.19. The lowest BCUT2D eigenvalue weighted by Crippen LogP contribution is -2.27. The number of carbonyl (C=O) groups excluding carboxylic acids is 1. The van der Waals surface area contributed by atoms with Crippen LogP contribution in [0.3, 0.4) is 0 Å². The third-order valence-corrected chi connectivity index (χ3v) is 6.13. The van der Waals surface area contributed by atoms with Gasteiger partial charge in [-0.05, 0) is 42.0 Å². The van der Waals surface area contributed by atoms with E-state index in [0.717, 1.165) is 23.3 Å². The molecule has 0 aliphatic heterocycles. The molecule has 0 fully saturated rings. The predicted octanol–water partition coefficient (Wildman–Crippen LogP) is 4.93. The lowest BCUT2D eigenvalue weighted by atomic mass is 10.0. The fourth-order valence-electron chi connectivity index (χ4n) is 3.40. The highest BCUT2D eigenvalue weighted by atomic mass is 32.2. The lowest BCUT2D eigenvalue weighted by molar-refractivity contribution is -0.118. The minimum atomic E-state index is -0.0248. The lowest BCUT2D eigenvalue weighted by Gasteiger charge is -2.15. The first-order valence-corrected chi connectivity index (χ1v) is 12.2. The third kappa shape index (κ3) is 7.22. The van der Waals surface area contributed by atoms with Gasteiger partial charge in [-0.3, -0.25) is 9.36 Å². The molecule has 0 saturated heterocycles. The number of rotatable bonds is 12. The summed E-state index contributed by atoms with van der Waals surface area (Å²) in [7, 11) is 0. The molecule has 1 aromatic heterocycles. The van der Waals surface area contributed by atoms with Crippen LogP contribution in [0.1, 0.15) is 42.3 Å². The molecule has 33 heavy (non-hydrogen) atoms. The first-order chi connectivity index (χ1) is 16.0. The van der Waals surface area contributed by atoms with Crippen molar-refractivity contribution in [2.45, 2.75) is 51.4 Å². The molecule has 1 heterocycles. The number of nitrogens with one attached hydrogen (secondary N) is 1. The molecule has 0 atom stereocenters. The molecule has 0 aliphatic carbocycles. The second-order valence-corrected chi connectivity index (χ2v) is 9.10. The third-order valence-electron chi connectivity index (χ3n) is 5.16. The number of benzene rings is 2. The smallest absolute Gasteiger partial charge is 0.230 e. The van der Waals surface area contributed by atoms with Crippen LogP contribution in [0.2, 0.25) is 0 Å². The minimum absolute atomic E-state index is 0.0248. The molecule has 0 spiro atoms. The normalized spacial score (nSPS) is 10.9. The van der Waals surface area contributed by atoms with Crippen LogP contribution >= 0.6 is 11.8 Å². The van der Waals surface area contributed by atoms with Crippen LogP contribution in [0, 0.1) is 6.92 Å². The van der Waals surface area contributed by atoms with Crippen molar-refractivity contribution in [3.63, 3.8) is 0 Å². The highest BCUT2D eigenvalue weighted by Gasteiger charge is 2.15. The first-order valence-electron chi connectivity index (χ1n) is 11.2. The fraction of sp³-hybridized carbons (Fsp3) is 0.346. The van der Waals surface area contributed by atoms with Crippen molar-refractivity contribution in [3.8, 4) is 5.75 Å². The molecule has 0 radical (unpaired) electrons. The standard InChI is InChI=1S/C26H32N4O2S/c1-5-15-30-24(17-32-23-16-20(4)11-12-22(23)19(2)3)28-29-26(30)33-18-25(31)27-14-13-21-9-7-6-8-10-21/h5-12,16,19H,1,13-15,17-18H2,2-4H3,(H,27,31). The number of thioether (sulfide) groups is 1. The van der Waals surface area contributed by atoms with Crippen LogP contribution in [-0.4, -0.2) is 33.0 Å². The van der Waals surface area contributed by atoms with Crippen molar-refractivity contribution >= 4 is 17.7 Å². The zero-order valence-corrected chi connectivity index (χ0v) is 20.4. The molecular weight excluding hydrogens is 432 g/mol. The summed E-state index contributed by atoms with van der Waals surface area (Å²) in [5, 5.41) is 12.3. The highest BCUT2D eigenvalue weighted by molar-refractivity contribution is 7.99. The zero-order chi connectivity index (χ0) is 23.6. The number of ether oxygens (including phenoxy) is 1. The number of aryl methyl sites for hydroxylation is 1. The summed E-state index contributed by atoms with van der Waals surface area (Å²) in [6.45, 7) is 11.7. The number of hydrogen-bond acceptors (Lipinski definition) is 5. The van der Waals surface area contributed by atoms with Crippen LogP contribution in [0.25, 0.3) is 0 Å². The molecule has 0 unspecified atom stereocenters. The van der Waals surface area contributed by atoms with Gasteiger partial charge in [-0.2, -0.15) is 0 Å². The average Bonchev–Trinajstić information content (AvgIpc) is 3.18. The maximum absolute atomic E-state index is 12.3. The van der Waals surface area contributed by atoms with Gasteiger partial charge in [-0.15, -0.1) is 16.8 Å². The first kappa shape index (κ1) is 24.6. The minimum Gasteiger partial charge on any atom is -0.485 e. The molecule has 6 nitrogen and oxygen atoms in total. The van der Waals surface area contributed by atoms with E-state index in [9.17, 15) is 4.79 Å². The van der Waals surface area contributed by atoms with Gasteiger partial charge in [0.1, 0.15) is 12.4 Å². The van der Waals surface area contributed by atoms with E-state index in [-0.39, 0.29) is 11.7 Å². The maximum atomic E-state index is 12.3. The summed E-state index contributed by atoms with van der Waals surface area (Å²) < 4.78 is 8.08. The Morgan fingerprint density at radius 1 is 1.21 bits per heavy atom. The van der Waals surface area contributed by atoms with Crippen LogP contribution in [-0.2, 0) is 24.4 Å². The van der Waals surface area contributed by atoms with E-state index in [2.05, 4.69) is 73.2 Å². The topological polar surface area (TPSA) is 69.0 Å². The van der Waals surface area contributed by atoms with E-state index < -0.39 is 0 Å². The number of carbonyl (C=O) groups is 1. The quantitative estimate of drug-likeness (QED) is 0.304.